The summed E-state index contributed by atoms with van der Waals surface area (Å²) in [6, 6.07) is 0. The summed E-state index contributed by atoms with van der Waals surface area (Å²) >= 11 is 1.50. The number of hydrogen-bond donors (Lipinski definition) is 1. The van der Waals surface area contributed by atoms with Crippen LogP contribution in [0.25, 0.3) is 0 Å². The third-order valence-electron chi connectivity index (χ3n) is 1.73. The van der Waals surface area contributed by atoms with Gasteiger partial charge in [0, 0.05) is 10.3 Å². The molecule has 0 unspecified atom stereocenters. The first-order valence-corrected chi connectivity index (χ1v) is 4.98. The van der Waals surface area contributed by atoms with E-state index >= 15 is 0 Å². The fourth-order valence-electron chi connectivity index (χ4n) is 1.06. The summed E-state index contributed by atoms with van der Waals surface area (Å²) in [7, 11) is 0. The minimum atomic E-state index is 0.402. The summed E-state index contributed by atoms with van der Waals surface area (Å²) in [5.74, 6) is 7.71. The molecule has 4 heteroatoms. The third-order valence-corrected chi connectivity index (χ3v) is 2.86. The average Bonchev–Trinajstić information content (AvgIpc) is 2.30. The number of nitrogens with two attached hydrogens (primary N) is 1. The number of nitrogens with zero attached hydrogens (tertiary/aromatic N) is 2. The molecule has 0 saturated carbocycles. The number of hydrogen-bond acceptors (Lipinski definition) is 3. The van der Waals surface area contributed by atoms with Crippen LogP contribution in [-0.4, -0.2) is 4.37 Å². The SMILES string of the molecule is CC(C)c1nsc(C(C)C)[n+]1N. The van der Waals surface area contributed by atoms with Crippen LogP contribution in [0.5, 0.6) is 0 Å². The number of aromatic nitrogens is 2. The monoisotopic (exact) mass is 186 g/mol. The van der Waals surface area contributed by atoms with Crippen molar-refractivity contribution in [1.29, 1.82) is 0 Å². The van der Waals surface area contributed by atoms with E-state index in [4.69, 9.17) is 5.84 Å². The van der Waals surface area contributed by atoms with E-state index in [1.807, 2.05) is 0 Å². The molecule has 2 N–H and O–H groups in total. The Labute approximate surface area is 77.4 Å². The summed E-state index contributed by atoms with van der Waals surface area (Å²) in [6.45, 7) is 8.45. The van der Waals surface area contributed by atoms with Crippen LogP contribution in [-0.2, 0) is 0 Å². The topological polar surface area (TPSA) is 42.8 Å². The summed E-state index contributed by atoms with van der Waals surface area (Å²) in [5.41, 5.74) is 0. The van der Waals surface area contributed by atoms with Crippen LogP contribution in [0, 0.1) is 0 Å². The fourth-order valence-corrected chi connectivity index (χ4v) is 1.94. The van der Waals surface area contributed by atoms with Gasteiger partial charge in [-0.2, -0.15) is 0 Å². The summed E-state index contributed by atoms with van der Waals surface area (Å²) < 4.78 is 6.04. The van der Waals surface area contributed by atoms with E-state index in [2.05, 4.69) is 32.1 Å². The highest BCUT2D eigenvalue weighted by Gasteiger charge is 2.24. The molecule has 0 radical (unpaired) electrons. The van der Waals surface area contributed by atoms with Gasteiger partial charge < -0.3 is 0 Å². The highest BCUT2D eigenvalue weighted by atomic mass is 32.1. The van der Waals surface area contributed by atoms with E-state index in [0.717, 1.165) is 10.8 Å². The second-order valence-electron chi connectivity index (χ2n) is 3.56. The Hall–Kier alpha value is -0.640. The minimum absolute atomic E-state index is 0.402. The predicted octanol–water partition coefficient (Wildman–Crippen LogP) is 1.39. The fraction of sp³-hybridized carbons (Fsp3) is 0.750. The lowest BCUT2D eigenvalue weighted by Crippen LogP contribution is -2.50. The molecule has 0 fully saturated rings. The first kappa shape index (κ1) is 9.45. The first-order chi connectivity index (χ1) is 5.54. The maximum Gasteiger partial charge on any atom is 0.339 e. The van der Waals surface area contributed by atoms with Crippen molar-refractivity contribution in [2.45, 2.75) is 39.5 Å². The quantitative estimate of drug-likeness (QED) is 0.560. The van der Waals surface area contributed by atoms with E-state index in [0.29, 0.717) is 11.8 Å². The summed E-state index contributed by atoms with van der Waals surface area (Å²) in [4.78, 5) is 0. The molecule has 1 aromatic heterocycles. The molecular formula is C8H16N3S+. The average molecular weight is 186 g/mol. The van der Waals surface area contributed by atoms with Gasteiger partial charge in [0.25, 0.3) is 0 Å². The molecule has 0 saturated heterocycles. The van der Waals surface area contributed by atoms with Crippen LogP contribution in [0.2, 0.25) is 0 Å². The molecule has 1 rings (SSSR count). The second-order valence-corrected chi connectivity index (χ2v) is 4.34. The summed E-state index contributed by atoms with van der Waals surface area (Å²) in [5, 5.41) is 1.14. The lowest BCUT2D eigenvalue weighted by molar-refractivity contribution is -0.653. The molecule has 0 aliphatic rings. The van der Waals surface area contributed by atoms with Gasteiger partial charge in [-0.15, -0.1) is 4.68 Å². The Morgan fingerprint density at radius 3 is 2.08 bits per heavy atom. The van der Waals surface area contributed by atoms with Crippen molar-refractivity contribution in [3.63, 3.8) is 0 Å². The van der Waals surface area contributed by atoms with Crippen molar-refractivity contribution < 1.29 is 4.68 Å². The van der Waals surface area contributed by atoms with E-state index in [-0.39, 0.29) is 0 Å². The van der Waals surface area contributed by atoms with Gasteiger partial charge in [0.05, 0.1) is 5.92 Å². The van der Waals surface area contributed by atoms with Crippen molar-refractivity contribution >= 4 is 11.5 Å². The molecular weight excluding hydrogens is 170 g/mol. The molecule has 0 spiro atoms. The van der Waals surface area contributed by atoms with Crippen molar-refractivity contribution in [1.82, 2.24) is 4.37 Å². The maximum absolute atomic E-state index is 5.87. The van der Waals surface area contributed by atoms with Crippen LogP contribution in [0.4, 0.5) is 0 Å². The van der Waals surface area contributed by atoms with Gasteiger partial charge in [0.1, 0.15) is 11.5 Å². The van der Waals surface area contributed by atoms with Gasteiger partial charge in [-0.05, 0) is 0 Å². The highest BCUT2D eigenvalue weighted by molar-refractivity contribution is 7.05. The molecule has 12 heavy (non-hydrogen) atoms. The molecule has 0 aliphatic carbocycles. The smallest absolute Gasteiger partial charge is 0.268 e. The van der Waals surface area contributed by atoms with Crippen LogP contribution in [0.1, 0.15) is 50.4 Å². The Morgan fingerprint density at radius 2 is 1.83 bits per heavy atom. The van der Waals surface area contributed by atoms with Crippen molar-refractivity contribution in [2.75, 3.05) is 5.84 Å². The van der Waals surface area contributed by atoms with Crippen LogP contribution < -0.4 is 10.5 Å². The van der Waals surface area contributed by atoms with Crippen molar-refractivity contribution in [3.8, 4) is 0 Å². The van der Waals surface area contributed by atoms with Gasteiger partial charge in [0.2, 0.25) is 5.01 Å². The predicted molar refractivity (Wildman–Crippen MR) is 50.6 cm³/mol. The largest absolute Gasteiger partial charge is 0.339 e. The Bertz CT molecular complexity index is 240. The van der Waals surface area contributed by atoms with Gasteiger partial charge in [-0.25, -0.2) is 0 Å². The Kier molecular flexibility index (Phi) is 2.67. The zero-order valence-electron chi connectivity index (χ0n) is 8.03. The minimum Gasteiger partial charge on any atom is -0.268 e. The van der Waals surface area contributed by atoms with Gasteiger partial charge in [0.15, 0.2) is 0 Å². The van der Waals surface area contributed by atoms with E-state index in [1.54, 1.807) is 4.68 Å². The van der Waals surface area contributed by atoms with E-state index < -0.39 is 0 Å². The molecule has 0 amide bonds. The molecule has 3 nitrogen and oxygen atoms in total. The maximum atomic E-state index is 5.87. The molecule has 68 valence electrons. The molecule has 1 heterocycles. The van der Waals surface area contributed by atoms with Crippen LogP contribution >= 0.6 is 11.5 Å². The van der Waals surface area contributed by atoms with Crippen molar-refractivity contribution in [2.24, 2.45) is 0 Å². The van der Waals surface area contributed by atoms with E-state index in [9.17, 15) is 0 Å². The normalized spacial score (nSPS) is 11.5. The van der Waals surface area contributed by atoms with Gasteiger partial charge in [-0.3, -0.25) is 5.84 Å². The summed E-state index contributed by atoms with van der Waals surface area (Å²) in [6.07, 6.45) is 0. The molecule has 0 aromatic carbocycles. The van der Waals surface area contributed by atoms with Gasteiger partial charge >= 0.3 is 5.82 Å². The standard InChI is InChI=1S/C8H16N3S/c1-5(2)7-10-12-8(6(3)4)11(7)9/h5-6H,9H2,1-4H3/q+1. The highest BCUT2D eigenvalue weighted by Crippen LogP contribution is 2.16. The molecule has 0 aliphatic heterocycles. The second kappa shape index (κ2) is 3.39. The Morgan fingerprint density at radius 1 is 1.25 bits per heavy atom. The molecule has 0 bridgehead atoms. The first-order valence-electron chi connectivity index (χ1n) is 4.20. The van der Waals surface area contributed by atoms with Gasteiger partial charge in [-0.1, -0.05) is 27.7 Å². The number of nitrogen functional groups attached to an aromatic ring is 1. The molecule has 0 atom stereocenters. The Balaban J connectivity index is 3.04. The van der Waals surface area contributed by atoms with E-state index in [1.165, 1.54) is 11.5 Å². The zero-order valence-corrected chi connectivity index (χ0v) is 8.85. The van der Waals surface area contributed by atoms with Crippen molar-refractivity contribution in [3.05, 3.63) is 10.8 Å². The lowest BCUT2D eigenvalue weighted by atomic mass is 10.2. The lowest BCUT2D eigenvalue weighted by Gasteiger charge is -1.99. The zero-order chi connectivity index (χ0) is 9.30. The molecule has 1 aromatic rings. The number of rotatable bonds is 2. The third kappa shape index (κ3) is 1.58. The van der Waals surface area contributed by atoms with Crippen LogP contribution in [0.3, 0.4) is 0 Å². The van der Waals surface area contributed by atoms with Crippen LogP contribution in [0.15, 0.2) is 0 Å².